The number of carboxylic acids is 1. The van der Waals surface area contributed by atoms with E-state index in [1.165, 1.54) is 0 Å². The van der Waals surface area contributed by atoms with Gasteiger partial charge >= 0.3 is 5.97 Å². The number of rotatable bonds is 3. The molecule has 0 atom stereocenters. The van der Waals surface area contributed by atoms with E-state index in [2.05, 4.69) is 4.98 Å². The second-order valence-electron chi connectivity index (χ2n) is 4.99. The van der Waals surface area contributed by atoms with Crippen LogP contribution < -0.4 is 0 Å². The highest BCUT2D eigenvalue weighted by molar-refractivity contribution is 6.16. The Bertz CT molecular complexity index is 826. The lowest BCUT2D eigenvalue weighted by molar-refractivity contribution is -0.148. The molecule has 3 rings (SSSR count). The zero-order valence-electron chi connectivity index (χ0n) is 11.5. The van der Waals surface area contributed by atoms with Crippen molar-refractivity contribution in [1.29, 1.82) is 0 Å². The van der Waals surface area contributed by atoms with E-state index in [1.54, 1.807) is 12.3 Å². The summed E-state index contributed by atoms with van der Waals surface area (Å²) in [6, 6.07) is 9.43. The third kappa shape index (κ3) is 2.58. The molecule has 2 heterocycles. The SMILES string of the molecule is O=C(O)CN1C(=O)C/C(=C\c2cnc3ccccc3c2)C1=O. The van der Waals surface area contributed by atoms with Gasteiger partial charge in [-0.2, -0.15) is 0 Å². The van der Waals surface area contributed by atoms with E-state index in [1.807, 2.05) is 30.3 Å². The number of carbonyl (C=O) groups excluding carboxylic acids is 2. The fourth-order valence-corrected chi connectivity index (χ4v) is 2.40. The lowest BCUT2D eigenvalue weighted by atomic mass is 10.1. The smallest absolute Gasteiger partial charge is 0.323 e. The van der Waals surface area contributed by atoms with Crippen molar-refractivity contribution < 1.29 is 19.5 Å². The number of hydrogen-bond acceptors (Lipinski definition) is 4. The first-order valence-electron chi connectivity index (χ1n) is 6.66. The Morgan fingerprint density at radius 1 is 1.32 bits per heavy atom. The third-order valence-corrected chi connectivity index (χ3v) is 3.41. The van der Waals surface area contributed by atoms with Crippen LogP contribution in [0.3, 0.4) is 0 Å². The lowest BCUT2D eigenvalue weighted by Gasteiger charge is -2.09. The summed E-state index contributed by atoms with van der Waals surface area (Å²) >= 11 is 0. The minimum atomic E-state index is -1.21. The topological polar surface area (TPSA) is 87.6 Å². The van der Waals surface area contributed by atoms with E-state index < -0.39 is 24.3 Å². The van der Waals surface area contributed by atoms with Crippen LogP contribution in [0.5, 0.6) is 0 Å². The first kappa shape index (κ1) is 13.9. The van der Waals surface area contributed by atoms with Gasteiger partial charge in [0.25, 0.3) is 5.91 Å². The summed E-state index contributed by atoms with van der Waals surface area (Å²) in [7, 11) is 0. The number of benzene rings is 1. The van der Waals surface area contributed by atoms with E-state index >= 15 is 0 Å². The van der Waals surface area contributed by atoms with E-state index in [4.69, 9.17) is 5.11 Å². The number of fused-ring (bicyclic) bond motifs is 1. The minimum absolute atomic E-state index is 0.0844. The molecule has 1 saturated heterocycles. The Labute approximate surface area is 125 Å². The molecule has 2 aromatic rings. The van der Waals surface area contributed by atoms with Crippen LogP contribution in [0.2, 0.25) is 0 Å². The van der Waals surface area contributed by atoms with Gasteiger partial charge in [0.2, 0.25) is 5.91 Å². The maximum atomic E-state index is 12.1. The maximum Gasteiger partial charge on any atom is 0.323 e. The van der Waals surface area contributed by atoms with Crippen molar-refractivity contribution in [2.75, 3.05) is 6.54 Å². The van der Waals surface area contributed by atoms with Crippen LogP contribution in [0.15, 0.2) is 42.1 Å². The van der Waals surface area contributed by atoms with Crippen molar-refractivity contribution in [3.8, 4) is 0 Å². The molecule has 22 heavy (non-hydrogen) atoms. The highest BCUT2D eigenvalue weighted by Gasteiger charge is 2.34. The molecule has 2 amide bonds. The first-order chi connectivity index (χ1) is 10.5. The van der Waals surface area contributed by atoms with Crippen LogP contribution in [0.1, 0.15) is 12.0 Å². The molecule has 1 N–H and O–H groups in total. The van der Waals surface area contributed by atoms with Gasteiger partial charge in [-0.05, 0) is 23.8 Å². The van der Waals surface area contributed by atoms with Gasteiger partial charge in [-0.15, -0.1) is 0 Å². The predicted octanol–water partition coefficient (Wildman–Crippen LogP) is 1.46. The van der Waals surface area contributed by atoms with E-state index in [-0.39, 0.29) is 12.0 Å². The van der Waals surface area contributed by atoms with Crippen LogP contribution in [0, 0.1) is 0 Å². The molecule has 6 nitrogen and oxygen atoms in total. The van der Waals surface area contributed by atoms with Gasteiger partial charge in [-0.3, -0.25) is 24.3 Å². The molecule has 1 aliphatic heterocycles. The molecule has 1 aromatic heterocycles. The monoisotopic (exact) mass is 296 g/mol. The number of hydrogen-bond donors (Lipinski definition) is 1. The summed E-state index contributed by atoms with van der Waals surface area (Å²) in [4.78, 5) is 39.5. The summed E-state index contributed by atoms with van der Waals surface area (Å²) in [5, 5.41) is 9.66. The number of likely N-dealkylation sites (tertiary alicyclic amines) is 1. The quantitative estimate of drug-likeness (QED) is 0.684. The number of carbonyl (C=O) groups is 3. The molecular formula is C16H12N2O4. The molecule has 0 bridgehead atoms. The first-order valence-corrected chi connectivity index (χ1v) is 6.66. The number of para-hydroxylation sites is 1. The largest absolute Gasteiger partial charge is 0.480 e. The van der Waals surface area contributed by atoms with E-state index in [0.717, 1.165) is 15.8 Å². The molecule has 0 aliphatic carbocycles. The summed E-state index contributed by atoms with van der Waals surface area (Å²) in [5.74, 6) is -2.26. The fraction of sp³-hybridized carbons (Fsp3) is 0.125. The third-order valence-electron chi connectivity index (χ3n) is 3.41. The second kappa shape index (κ2) is 5.40. The molecular weight excluding hydrogens is 284 g/mol. The number of nitrogens with zero attached hydrogens (tertiary/aromatic N) is 2. The molecule has 1 fully saturated rings. The zero-order valence-corrected chi connectivity index (χ0v) is 11.5. The lowest BCUT2D eigenvalue weighted by Crippen LogP contribution is -2.34. The van der Waals surface area contributed by atoms with Crippen LogP contribution in [0.4, 0.5) is 0 Å². The average molecular weight is 296 g/mol. The number of aromatic nitrogens is 1. The standard InChI is InChI=1S/C16H12N2O4/c19-14-7-12(16(22)18(14)9-15(20)21)6-10-5-11-3-1-2-4-13(11)17-8-10/h1-6,8H,7,9H2,(H,20,21)/b12-6+. The Morgan fingerprint density at radius 2 is 2.09 bits per heavy atom. The Balaban J connectivity index is 1.92. The Kier molecular flexibility index (Phi) is 3.42. The number of imide groups is 1. The molecule has 0 spiro atoms. The average Bonchev–Trinajstić information content (AvgIpc) is 2.74. The number of carboxylic acid groups (broad SMARTS) is 1. The van der Waals surface area contributed by atoms with Crippen molar-refractivity contribution in [1.82, 2.24) is 9.88 Å². The minimum Gasteiger partial charge on any atom is -0.480 e. The highest BCUT2D eigenvalue weighted by atomic mass is 16.4. The summed E-state index contributed by atoms with van der Waals surface area (Å²) in [5.41, 5.74) is 1.82. The normalized spacial score (nSPS) is 16.7. The van der Waals surface area contributed by atoms with Crippen LogP contribution in [0.25, 0.3) is 17.0 Å². The van der Waals surface area contributed by atoms with Gasteiger partial charge in [-0.25, -0.2) is 0 Å². The van der Waals surface area contributed by atoms with Gasteiger partial charge in [-0.1, -0.05) is 18.2 Å². The molecule has 1 aliphatic rings. The molecule has 0 unspecified atom stereocenters. The zero-order chi connectivity index (χ0) is 15.7. The van der Waals surface area contributed by atoms with Crippen molar-refractivity contribution in [2.24, 2.45) is 0 Å². The number of pyridine rings is 1. The summed E-state index contributed by atoms with van der Waals surface area (Å²) in [6.07, 6.45) is 3.12. The molecule has 6 heteroatoms. The van der Waals surface area contributed by atoms with Gasteiger partial charge in [0, 0.05) is 17.2 Å². The van der Waals surface area contributed by atoms with Crippen molar-refractivity contribution >= 4 is 34.8 Å². The fourth-order valence-electron chi connectivity index (χ4n) is 2.40. The molecule has 1 aromatic carbocycles. The van der Waals surface area contributed by atoms with Crippen LogP contribution >= 0.6 is 0 Å². The summed E-state index contributed by atoms with van der Waals surface area (Å²) in [6.45, 7) is -0.606. The van der Waals surface area contributed by atoms with Crippen LogP contribution in [-0.4, -0.2) is 39.3 Å². The summed E-state index contributed by atoms with van der Waals surface area (Å²) < 4.78 is 0. The van der Waals surface area contributed by atoms with E-state index in [0.29, 0.717) is 5.56 Å². The van der Waals surface area contributed by atoms with Crippen LogP contribution in [-0.2, 0) is 14.4 Å². The van der Waals surface area contributed by atoms with Crippen molar-refractivity contribution in [3.05, 3.63) is 47.7 Å². The number of amides is 2. The highest BCUT2D eigenvalue weighted by Crippen LogP contribution is 2.22. The molecule has 110 valence electrons. The van der Waals surface area contributed by atoms with Gasteiger partial charge in [0.15, 0.2) is 0 Å². The predicted molar refractivity (Wildman–Crippen MR) is 78.7 cm³/mol. The second-order valence-corrected chi connectivity index (χ2v) is 4.99. The van der Waals surface area contributed by atoms with E-state index in [9.17, 15) is 14.4 Å². The van der Waals surface area contributed by atoms with Gasteiger partial charge in [0.1, 0.15) is 6.54 Å². The van der Waals surface area contributed by atoms with Crippen molar-refractivity contribution in [3.63, 3.8) is 0 Å². The number of aliphatic carboxylic acids is 1. The van der Waals surface area contributed by atoms with Gasteiger partial charge < -0.3 is 5.11 Å². The maximum absolute atomic E-state index is 12.1. The Hall–Kier alpha value is -3.02. The van der Waals surface area contributed by atoms with Gasteiger partial charge in [0.05, 0.1) is 11.9 Å². The van der Waals surface area contributed by atoms with Crippen molar-refractivity contribution in [2.45, 2.75) is 6.42 Å². The molecule has 0 radical (unpaired) electrons. The Morgan fingerprint density at radius 3 is 2.86 bits per heavy atom. The molecule has 0 saturated carbocycles.